The maximum absolute atomic E-state index is 4.11. The van der Waals surface area contributed by atoms with E-state index in [2.05, 4.69) is 194 Å². The predicted octanol–water partition coefficient (Wildman–Crippen LogP) is 15.4. The highest BCUT2D eigenvalue weighted by molar-refractivity contribution is 7.26. The summed E-state index contributed by atoms with van der Waals surface area (Å²) in [6.45, 7) is 11.0. The van der Waals surface area contributed by atoms with E-state index in [4.69, 9.17) is 0 Å². The summed E-state index contributed by atoms with van der Waals surface area (Å²) in [5.41, 5.74) is 12.1. The van der Waals surface area contributed by atoms with Crippen molar-refractivity contribution < 1.29 is 0 Å². The first-order valence-electron chi connectivity index (χ1n) is 18.4. The van der Waals surface area contributed by atoms with Gasteiger partial charge in [-0.3, -0.25) is 0 Å². The van der Waals surface area contributed by atoms with E-state index >= 15 is 0 Å². The molecule has 0 saturated heterocycles. The molecule has 54 heavy (non-hydrogen) atoms. The number of thiophene rings is 2. The summed E-state index contributed by atoms with van der Waals surface area (Å²) in [5.74, 6) is 0. The van der Waals surface area contributed by atoms with Gasteiger partial charge in [-0.05, 0) is 99.8 Å². The van der Waals surface area contributed by atoms with Gasteiger partial charge >= 0.3 is 0 Å². The third-order valence-corrected chi connectivity index (χ3v) is 13.0. The Morgan fingerprint density at radius 1 is 0.574 bits per heavy atom. The number of aromatic nitrogens is 1. The molecule has 7 aromatic carbocycles. The first kappa shape index (κ1) is 32.7. The summed E-state index contributed by atoms with van der Waals surface area (Å²) >= 11 is 3.66. The molecule has 10 aromatic rings. The largest absolute Gasteiger partial charge is 0.309 e. The Hall–Kier alpha value is -5.94. The number of rotatable bonds is 6. The summed E-state index contributed by atoms with van der Waals surface area (Å²) in [4.78, 5) is 2.46. The van der Waals surface area contributed by atoms with Gasteiger partial charge < -0.3 is 9.47 Å². The van der Waals surface area contributed by atoms with Crippen molar-refractivity contribution in [3.63, 3.8) is 0 Å². The van der Waals surface area contributed by atoms with Crippen LogP contribution in [0.15, 0.2) is 164 Å². The Morgan fingerprint density at radius 3 is 1.98 bits per heavy atom. The molecule has 2 nitrogen and oxygen atoms in total. The van der Waals surface area contributed by atoms with Crippen LogP contribution in [0.1, 0.15) is 31.9 Å². The molecule has 4 heteroatoms. The second-order valence-electron chi connectivity index (χ2n) is 15.1. The van der Waals surface area contributed by atoms with Crippen molar-refractivity contribution in [1.82, 2.24) is 4.57 Å². The Labute approximate surface area is 323 Å². The highest BCUT2D eigenvalue weighted by atomic mass is 32.1. The zero-order valence-electron chi connectivity index (χ0n) is 30.5. The normalized spacial score (nSPS) is 12.1. The molecule has 0 saturated carbocycles. The van der Waals surface area contributed by atoms with E-state index in [1.54, 1.807) is 11.3 Å². The molecule has 0 aliphatic rings. The van der Waals surface area contributed by atoms with E-state index in [0.717, 1.165) is 5.69 Å². The molecule has 260 valence electrons. The Bertz CT molecular complexity index is 3040. The molecule has 0 atom stereocenters. The fourth-order valence-corrected chi connectivity index (χ4v) is 10.3. The average molecular weight is 731 g/mol. The van der Waals surface area contributed by atoms with Gasteiger partial charge in [0.15, 0.2) is 0 Å². The summed E-state index contributed by atoms with van der Waals surface area (Å²) in [5, 5.41) is 8.59. The van der Waals surface area contributed by atoms with Crippen LogP contribution in [0.2, 0.25) is 0 Å². The van der Waals surface area contributed by atoms with Crippen LogP contribution in [0.25, 0.3) is 75.0 Å². The predicted molar refractivity (Wildman–Crippen MR) is 238 cm³/mol. The van der Waals surface area contributed by atoms with E-state index < -0.39 is 0 Å². The zero-order chi connectivity index (χ0) is 36.6. The molecule has 0 aliphatic heterocycles. The van der Waals surface area contributed by atoms with Crippen LogP contribution in [-0.4, -0.2) is 4.57 Å². The van der Waals surface area contributed by atoms with Crippen molar-refractivity contribution in [1.29, 1.82) is 0 Å². The van der Waals surface area contributed by atoms with Crippen LogP contribution in [0.3, 0.4) is 0 Å². The van der Waals surface area contributed by atoms with Crippen molar-refractivity contribution >= 4 is 97.9 Å². The topological polar surface area (TPSA) is 8.17 Å². The van der Waals surface area contributed by atoms with Gasteiger partial charge in [0.2, 0.25) is 0 Å². The smallest absolute Gasteiger partial charge is 0.0640 e. The number of para-hydroxylation sites is 1. The lowest BCUT2D eigenvalue weighted by Crippen LogP contribution is -2.10. The molecule has 0 N–H and O–H groups in total. The zero-order valence-corrected chi connectivity index (χ0v) is 32.1. The van der Waals surface area contributed by atoms with Crippen LogP contribution in [-0.2, 0) is 5.41 Å². The Balaban J connectivity index is 1.14. The quantitative estimate of drug-likeness (QED) is 0.165. The summed E-state index contributed by atoms with van der Waals surface area (Å²) < 4.78 is 6.25. The molecular formula is C50H38N2S2. The monoisotopic (exact) mass is 730 g/mol. The van der Waals surface area contributed by atoms with Gasteiger partial charge in [0.1, 0.15) is 0 Å². The molecule has 0 spiro atoms. The second kappa shape index (κ2) is 12.6. The van der Waals surface area contributed by atoms with Crippen molar-refractivity contribution in [3.05, 3.63) is 175 Å². The molecule has 0 unspecified atom stereocenters. The van der Waals surface area contributed by atoms with Gasteiger partial charge in [-0.2, -0.15) is 0 Å². The standard InChI is InChI=1S/C50H38N2S2/c1-5-32-31-53-48-38(32)16-11-18-45(48)52(46-19-12-17-40-39-15-9-10-20-47(39)54-49(40)46)37-25-21-33(22-26-37)34-23-27-43-41(29-34)42-30-35(50(2,3)4)24-28-44(42)51(43)36-13-7-6-8-14-36/h5-31H,1H2,2-4H3. The van der Waals surface area contributed by atoms with Gasteiger partial charge in [0.25, 0.3) is 0 Å². The van der Waals surface area contributed by atoms with E-state index in [1.807, 2.05) is 17.4 Å². The number of fused-ring (bicyclic) bond motifs is 7. The maximum Gasteiger partial charge on any atom is 0.0640 e. The number of benzene rings is 7. The third-order valence-electron chi connectivity index (χ3n) is 10.8. The third kappa shape index (κ3) is 5.20. The maximum atomic E-state index is 4.11. The van der Waals surface area contributed by atoms with Crippen molar-refractivity contribution in [2.75, 3.05) is 4.90 Å². The Kier molecular flexibility index (Phi) is 7.62. The van der Waals surface area contributed by atoms with E-state index in [-0.39, 0.29) is 5.41 Å². The fourth-order valence-electron chi connectivity index (χ4n) is 8.04. The fraction of sp³-hybridized carbons (Fsp3) is 0.0800. The molecule has 0 amide bonds. The molecule has 3 aromatic heterocycles. The van der Waals surface area contributed by atoms with Crippen LogP contribution < -0.4 is 4.90 Å². The number of nitrogens with zero attached hydrogens (tertiary/aromatic N) is 2. The molecule has 10 rings (SSSR count). The lowest BCUT2D eigenvalue weighted by molar-refractivity contribution is 0.591. The van der Waals surface area contributed by atoms with Crippen LogP contribution in [0, 0.1) is 0 Å². The molecule has 3 heterocycles. The van der Waals surface area contributed by atoms with Gasteiger partial charge in [0.05, 0.1) is 31.8 Å². The average Bonchev–Trinajstić information content (AvgIpc) is 3.90. The first-order valence-corrected chi connectivity index (χ1v) is 20.1. The molecule has 0 fully saturated rings. The van der Waals surface area contributed by atoms with Gasteiger partial charge in [-0.1, -0.05) is 118 Å². The Morgan fingerprint density at radius 2 is 1.22 bits per heavy atom. The highest BCUT2D eigenvalue weighted by Crippen LogP contribution is 2.48. The van der Waals surface area contributed by atoms with Gasteiger partial charge in [-0.15, -0.1) is 22.7 Å². The molecule has 0 aliphatic carbocycles. The lowest BCUT2D eigenvalue weighted by atomic mass is 9.86. The number of hydrogen-bond donors (Lipinski definition) is 0. The molecule has 0 bridgehead atoms. The SMILES string of the molecule is C=Cc1csc2c(N(c3ccc(-c4ccc5c(c4)c4cc(C(C)(C)C)ccc4n5-c4ccccc4)cc3)c3cccc4c3sc3ccccc34)cccc12. The number of anilines is 3. The van der Waals surface area contributed by atoms with E-state index in [9.17, 15) is 0 Å². The molecular weight excluding hydrogens is 693 g/mol. The van der Waals surface area contributed by atoms with Crippen LogP contribution in [0.5, 0.6) is 0 Å². The second-order valence-corrected chi connectivity index (χ2v) is 17.0. The van der Waals surface area contributed by atoms with Crippen molar-refractivity contribution in [2.24, 2.45) is 0 Å². The first-order chi connectivity index (χ1) is 26.4. The summed E-state index contributed by atoms with van der Waals surface area (Å²) in [6.07, 6.45) is 1.96. The summed E-state index contributed by atoms with van der Waals surface area (Å²) in [6, 6.07) is 56.0. The van der Waals surface area contributed by atoms with Crippen molar-refractivity contribution in [2.45, 2.75) is 26.2 Å². The van der Waals surface area contributed by atoms with Crippen LogP contribution in [0.4, 0.5) is 17.1 Å². The minimum absolute atomic E-state index is 0.0511. The molecule has 0 radical (unpaired) electrons. The van der Waals surface area contributed by atoms with Crippen molar-refractivity contribution in [3.8, 4) is 16.8 Å². The number of hydrogen-bond acceptors (Lipinski definition) is 3. The minimum Gasteiger partial charge on any atom is -0.309 e. The van der Waals surface area contributed by atoms with E-state index in [1.165, 1.54) is 91.4 Å². The minimum atomic E-state index is 0.0511. The van der Waals surface area contributed by atoms with E-state index in [0.29, 0.717) is 0 Å². The lowest BCUT2D eigenvalue weighted by Gasteiger charge is -2.27. The van der Waals surface area contributed by atoms with Gasteiger partial charge in [-0.25, -0.2) is 0 Å². The highest BCUT2D eigenvalue weighted by Gasteiger charge is 2.22. The van der Waals surface area contributed by atoms with Crippen LogP contribution >= 0.6 is 22.7 Å². The van der Waals surface area contributed by atoms with Gasteiger partial charge in [0, 0.05) is 43.0 Å². The summed E-state index contributed by atoms with van der Waals surface area (Å²) in [7, 11) is 0.